The van der Waals surface area contributed by atoms with Gasteiger partial charge >= 0.3 is 0 Å². The molecule has 4 aromatic rings. The first kappa shape index (κ1) is 19.6. The van der Waals surface area contributed by atoms with Crippen LogP contribution in [0.3, 0.4) is 0 Å². The molecule has 0 fully saturated rings. The summed E-state index contributed by atoms with van der Waals surface area (Å²) in [4.78, 5) is 21.7. The van der Waals surface area contributed by atoms with Crippen LogP contribution in [-0.4, -0.2) is 25.7 Å². The summed E-state index contributed by atoms with van der Waals surface area (Å²) in [6, 6.07) is 12.2. The lowest BCUT2D eigenvalue weighted by Gasteiger charge is -2.14. The number of fused-ring (bicyclic) bond motifs is 3. The fourth-order valence-corrected chi connectivity index (χ4v) is 4.99. The number of rotatable bonds is 4. The van der Waals surface area contributed by atoms with Crippen molar-refractivity contribution in [3.8, 4) is 27.5 Å². The lowest BCUT2D eigenvalue weighted by molar-refractivity contribution is -0.114. The summed E-state index contributed by atoms with van der Waals surface area (Å²) in [6.45, 7) is 3.97. The van der Waals surface area contributed by atoms with Crippen molar-refractivity contribution in [2.45, 2.75) is 33.2 Å². The average Bonchev–Trinajstić information content (AvgIpc) is 3.35. The van der Waals surface area contributed by atoms with Crippen LogP contribution >= 0.6 is 11.3 Å². The van der Waals surface area contributed by atoms with Crippen molar-refractivity contribution in [1.29, 1.82) is 0 Å². The number of carbonyl (C=O) groups excluding carboxylic acids is 1. The second kappa shape index (κ2) is 7.72. The molecule has 0 saturated carbocycles. The van der Waals surface area contributed by atoms with Gasteiger partial charge in [0.1, 0.15) is 0 Å². The molecule has 0 radical (unpaired) electrons. The van der Waals surface area contributed by atoms with Gasteiger partial charge in [-0.1, -0.05) is 23.5 Å². The molecule has 7 nitrogen and oxygen atoms in total. The monoisotopic (exact) mass is 430 g/mol. The Kier molecular flexibility index (Phi) is 4.88. The van der Waals surface area contributed by atoms with Gasteiger partial charge in [-0.15, -0.1) is 0 Å². The van der Waals surface area contributed by atoms with E-state index in [0.29, 0.717) is 11.7 Å². The number of thiazole rings is 1. The molecule has 1 aromatic carbocycles. The van der Waals surface area contributed by atoms with E-state index in [-0.39, 0.29) is 5.91 Å². The molecule has 3 N–H and O–H groups in total. The maximum Gasteiger partial charge on any atom is 0.223 e. The van der Waals surface area contributed by atoms with Crippen LogP contribution in [0.25, 0.3) is 27.5 Å². The van der Waals surface area contributed by atoms with Crippen molar-refractivity contribution in [3.63, 3.8) is 0 Å². The molecular weight excluding hydrogens is 408 g/mol. The molecule has 8 heteroatoms. The molecular formula is C23H22N6OS. The predicted molar refractivity (Wildman–Crippen MR) is 122 cm³/mol. The summed E-state index contributed by atoms with van der Waals surface area (Å²) < 4.78 is 1.98. The highest BCUT2D eigenvalue weighted by atomic mass is 32.1. The molecule has 3 aromatic heterocycles. The standard InChI is InChI=1S/C23H22N6OS/c1-13-3-6-16(12-25-13)20-18-9-10-19-22(31-23(27-19)26-14(2)30)21(18)29(28-20)17-7-4-15(11-24)5-8-17/h3-8,12H,9-11,24H2,1-2H3,(H,26,27,30). The Labute approximate surface area is 184 Å². The largest absolute Gasteiger partial charge is 0.326 e. The minimum absolute atomic E-state index is 0.122. The van der Waals surface area contributed by atoms with E-state index in [1.54, 1.807) is 0 Å². The number of benzene rings is 1. The van der Waals surface area contributed by atoms with Crippen molar-refractivity contribution in [1.82, 2.24) is 19.7 Å². The molecule has 31 heavy (non-hydrogen) atoms. The van der Waals surface area contributed by atoms with Gasteiger partial charge in [0.25, 0.3) is 0 Å². The third-order valence-corrected chi connectivity index (χ3v) is 6.41. The van der Waals surface area contributed by atoms with Gasteiger partial charge in [-0.3, -0.25) is 9.78 Å². The van der Waals surface area contributed by atoms with Gasteiger partial charge in [0.15, 0.2) is 5.13 Å². The number of anilines is 1. The number of aromatic nitrogens is 4. The van der Waals surface area contributed by atoms with Crippen LogP contribution < -0.4 is 11.1 Å². The highest BCUT2D eigenvalue weighted by Gasteiger charge is 2.30. The van der Waals surface area contributed by atoms with Crippen molar-refractivity contribution in [2.24, 2.45) is 5.73 Å². The number of aryl methyl sites for hydroxylation is 2. The summed E-state index contributed by atoms with van der Waals surface area (Å²) in [7, 11) is 0. The summed E-state index contributed by atoms with van der Waals surface area (Å²) >= 11 is 1.49. The minimum Gasteiger partial charge on any atom is -0.326 e. The van der Waals surface area contributed by atoms with Gasteiger partial charge in [0.05, 0.1) is 27.6 Å². The Bertz CT molecular complexity index is 1270. The maximum atomic E-state index is 11.6. The average molecular weight is 431 g/mol. The van der Waals surface area contributed by atoms with Crippen LogP contribution in [0.15, 0.2) is 42.6 Å². The lowest BCUT2D eigenvalue weighted by Crippen LogP contribution is -2.07. The van der Waals surface area contributed by atoms with Crippen molar-refractivity contribution < 1.29 is 4.79 Å². The quantitative estimate of drug-likeness (QED) is 0.512. The van der Waals surface area contributed by atoms with Crippen LogP contribution in [-0.2, 0) is 24.2 Å². The van der Waals surface area contributed by atoms with Crippen LogP contribution in [0, 0.1) is 6.92 Å². The van der Waals surface area contributed by atoms with E-state index in [4.69, 9.17) is 10.8 Å². The second-order valence-corrected chi connectivity index (χ2v) is 8.62. The molecule has 5 rings (SSSR count). The van der Waals surface area contributed by atoms with E-state index in [1.165, 1.54) is 23.8 Å². The molecule has 1 aliphatic rings. The molecule has 0 bridgehead atoms. The van der Waals surface area contributed by atoms with Crippen LogP contribution in [0.1, 0.15) is 29.4 Å². The van der Waals surface area contributed by atoms with E-state index < -0.39 is 0 Å². The van der Waals surface area contributed by atoms with Crippen molar-refractivity contribution in [3.05, 3.63) is 65.1 Å². The van der Waals surface area contributed by atoms with E-state index in [0.717, 1.165) is 57.3 Å². The molecule has 0 saturated heterocycles. The number of amides is 1. The fraction of sp³-hybridized carbons (Fsp3) is 0.217. The summed E-state index contributed by atoms with van der Waals surface area (Å²) in [6.07, 6.45) is 3.52. The minimum atomic E-state index is -0.122. The third-order valence-electron chi connectivity index (χ3n) is 5.39. The number of carbonyl (C=O) groups is 1. The smallest absolute Gasteiger partial charge is 0.223 e. The fourth-order valence-electron chi connectivity index (χ4n) is 3.87. The van der Waals surface area contributed by atoms with Gasteiger partial charge in [-0.2, -0.15) is 5.10 Å². The van der Waals surface area contributed by atoms with E-state index in [1.807, 2.05) is 48.1 Å². The molecule has 0 aliphatic heterocycles. The first-order chi connectivity index (χ1) is 15.0. The van der Waals surface area contributed by atoms with Crippen LogP contribution in [0.4, 0.5) is 5.13 Å². The molecule has 1 amide bonds. The number of hydrogen-bond donors (Lipinski definition) is 2. The van der Waals surface area contributed by atoms with E-state index >= 15 is 0 Å². The Hall–Kier alpha value is -3.36. The van der Waals surface area contributed by atoms with Gasteiger partial charge in [0, 0.05) is 36.5 Å². The van der Waals surface area contributed by atoms with Gasteiger partial charge < -0.3 is 11.1 Å². The van der Waals surface area contributed by atoms with Crippen LogP contribution in [0.5, 0.6) is 0 Å². The Morgan fingerprint density at radius 1 is 1.19 bits per heavy atom. The zero-order chi connectivity index (χ0) is 21.5. The van der Waals surface area contributed by atoms with Crippen molar-refractivity contribution in [2.75, 3.05) is 5.32 Å². The number of nitrogens with one attached hydrogen (secondary N) is 1. The Morgan fingerprint density at radius 2 is 2.00 bits per heavy atom. The summed E-state index contributed by atoms with van der Waals surface area (Å²) in [5.74, 6) is -0.122. The highest BCUT2D eigenvalue weighted by Crippen LogP contribution is 2.44. The molecule has 156 valence electrons. The number of hydrogen-bond acceptors (Lipinski definition) is 6. The third kappa shape index (κ3) is 3.54. The Morgan fingerprint density at radius 3 is 2.68 bits per heavy atom. The maximum absolute atomic E-state index is 11.6. The van der Waals surface area contributed by atoms with Gasteiger partial charge in [-0.05, 0) is 49.6 Å². The molecule has 0 unspecified atom stereocenters. The highest BCUT2D eigenvalue weighted by molar-refractivity contribution is 7.19. The molecule has 1 aliphatic carbocycles. The van der Waals surface area contributed by atoms with Gasteiger partial charge in [0.2, 0.25) is 5.91 Å². The van der Waals surface area contributed by atoms with E-state index in [2.05, 4.69) is 21.4 Å². The predicted octanol–water partition coefficient (Wildman–Crippen LogP) is 3.88. The number of nitrogens with zero attached hydrogens (tertiary/aromatic N) is 4. The SMILES string of the molecule is CC(=O)Nc1nc2c(s1)-c1c(c(-c3ccc(C)nc3)nn1-c1ccc(CN)cc1)CC2. The van der Waals surface area contributed by atoms with Gasteiger partial charge in [-0.25, -0.2) is 9.67 Å². The number of nitrogens with two attached hydrogens (primary N) is 1. The normalized spacial score (nSPS) is 12.4. The first-order valence-corrected chi connectivity index (χ1v) is 11.0. The molecule has 3 heterocycles. The zero-order valence-electron chi connectivity index (χ0n) is 17.3. The topological polar surface area (TPSA) is 98.7 Å². The first-order valence-electron chi connectivity index (χ1n) is 10.2. The second-order valence-electron chi connectivity index (χ2n) is 7.62. The van der Waals surface area contributed by atoms with Crippen LogP contribution in [0.2, 0.25) is 0 Å². The Balaban J connectivity index is 1.71. The molecule has 0 atom stereocenters. The molecule has 0 spiro atoms. The van der Waals surface area contributed by atoms with E-state index in [9.17, 15) is 4.79 Å². The zero-order valence-corrected chi connectivity index (χ0v) is 18.2. The summed E-state index contributed by atoms with van der Waals surface area (Å²) in [5, 5.41) is 8.47. The van der Waals surface area contributed by atoms with Crippen molar-refractivity contribution >= 4 is 22.4 Å². The lowest BCUT2D eigenvalue weighted by atomic mass is 9.95. The number of pyridine rings is 1. The summed E-state index contributed by atoms with van der Waals surface area (Å²) in [5.41, 5.74) is 13.9.